The molecule has 2 aromatic rings. The van der Waals surface area contributed by atoms with Crippen LogP contribution in [0.4, 0.5) is 0 Å². The van der Waals surface area contributed by atoms with Gasteiger partial charge < -0.3 is 5.32 Å². The summed E-state index contributed by atoms with van der Waals surface area (Å²) in [5, 5.41) is 2.89. The first-order valence-corrected chi connectivity index (χ1v) is 9.25. The predicted molar refractivity (Wildman–Crippen MR) is 93.9 cm³/mol. The monoisotopic (exact) mass is 346 g/mol. The van der Waals surface area contributed by atoms with Gasteiger partial charge in [-0.2, -0.15) is 4.31 Å². The maximum absolute atomic E-state index is 12.4. The largest absolute Gasteiger partial charge is 0.348 e. The number of rotatable bonds is 7. The van der Waals surface area contributed by atoms with Crippen LogP contribution in [0.1, 0.15) is 24.9 Å². The van der Waals surface area contributed by atoms with Crippen LogP contribution in [-0.4, -0.2) is 32.2 Å². The van der Waals surface area contributed by atoms with Crippen molar-refractivity contribution < 1.29 is 13.2 Å². The van der Waals surface area contributed by atoms with Gasteiger partial charge in [0, 0.05) is 7.05 Å². The van der Waals surface area contributed by atoms with E-state index in [0.717, 1.165) is 16.3 Å². The van der Waals surface area contributed by atoms with Crippen LogP contribution in [0.2, 0.25) is 0 Å². The summed E-state index contributed by atoms with van der Waals surface area (Å²) < 4.78 is 25.9. The molecule has 0 aliphatic rings. The fraction of sp³-hybridized carbons (Fsp3) is 0.278. The lowest BCUT2D eigenvalue weighted by atomic mass is 10.0. The molecule has 0 bridgehead atoms. The van der Waals surface area contributed by atoms with Crippen molar-refractivity contribution in [2.75, 3.05) is 13.6 Å². The highest BCUT2D eigenvalue weighted by atomic mass is 32.2. The van der Waals surface area contributed by atoms with Gasteiger partial charge in [0.1, 0.15) is 0 Å². The average molecular weight is 346 g/mol. The normalized spacial score (nSPS) is 12.8. The van der Waals surface area contributed by atoms with Crippen molar-refractivity contribution in [1.29, 1.82) is 0 Å². The van der Waals surface area contributed by atoms with E-state index < -0.39 is 10.0 Å². The number of likely N-dealkylation sites (N-methyl/N-ethyl adjacent to an activating group) is 1. The van der Waals surface area contributed by atoms with E-state index in [1.54, 1.807) is 18.2 Å². The Morgan fingerprint density at radius 3 is 2.12 bits per heavy atom. The summed E-state index contributed by atoms with van der Waals surface area (Å²) in [5.41, 5.74) is 1.00. The first kappa shape index (κ1) is 18.2. The standard InChI is InChI=1S/C18H22N2O3S/c1-3-17(15-10-6-4-7-11-15)19-18(21)14-20(2)24(22,23)16-12-8-5-9-13-16/h4-13,17H,3,14H2,1-2H3,(H,19,21). The molecule has 0 fully saturated rings. The molecule has 2 rings (SSSR count). The van der Waals surface area contributed by atoms with Crippen LogP contribution in [0.3, 0.4) is 0 Å². The summed E-state index contributed by atoms with van der Waals surface area (Å²) in [6, 6.07) is 17.6. The van der Waals surface area contributed by atoms with Crippen LogP contribution in [0.5, 0.6) is 0 Å². The minimum absolute atomic E-state index is 0.133. The van der Waals surface area contributed by atoms with Crippen LogP contribution in [0, 0.1) is 0 Å². The molecular formula is C18H22N2O3S. The molecule has 6 heteroatoms. The Labute approximate surface area is 143 Å². The molecule has 5 nitrogen and oxygen atoms in total. The topological polar surface area (TPSA) is 66.5 Å². The van der Waals surface area contributed by atoms with E-state index in [9.17, 15) is 13.2 Å². The van der Waals surface area contributed by atoms with Gasteiger partial charge in [0.15, 0.2) is 0 Å². The quantitative estimate of drug-likeness (QED) is 0.838. The van der Waals surface area contributed by atoms with Gasteiger partial charge in [-0.25, -0.2) is 8.42 Å². The van der Waals surface area contributed by atoms with Crippen molar-refractivity contribution >= 4 is 15.9 Å². The highest BCUT2D eigenvalue weighted by Crippen LogP contribution is 2.17. The van der Waals surface area contributed by atoms with Crippen molar-refractivity contribution in [3.05, 3.63) is 66.2 Å². The highest BCUT2D eigenvalue weighted by Gasteiger charge is 2.23. The summed E-state index contributed by atoms with van der Waals surface area (Å²) in [7, 11) is -2.26. The average Bonchev–Trinajstić information content (AvgIpc) is 2.61. The second-order valence-electron chi connectivity index (χ2n) is 5.51. The Kier molecular flexibility index (Phi) is 6.11. The molecule has 1 amide bonds. The molecule has 128 valence electrons. The van der Waals surface area contributed by atoms with E-state index in [0.29, 0.717) is 0 Å². The number of carbonyl (C=O) groups excluding carboxylic acids is 1. The Morgan fingerprint density at radius 1 is 1.04 bits per heavy atom. The molecule has 1 unspecified atom stereocenters. The first-order valence-electron chi connectivity index (χ1n) is 7.81. The van der Waals surface area contributed by atoms with Crippen LogP contribution in [-0.2, 0) is 14.8 Å². The molecule has 0 aromatic heterocycles. The van der Waals surface area contributed by atoms with Gasteiger partial charge in [-0.15, -0.1) is 0 Å². The lowest BCUT2D eigenvalue weighted by Crippen LogP contribution is -2.39. The number of benzene rings is 2. The third-order valence-corrected chi connectivity index (χ3v) is 5.58. The van der Waals surface area contributed by atoms with E-state index in [-0.39, 0.29) is 23.4 Å². The smallest absolute Gasteiger partial charge is 0.243 e. The maximum atomic E-state index is 12.4. The van der Waals surface area contributed by atoms with E-state index in [1.807, 2.05) is 37.3 Å². The van der Waals surface area contributed by atoms with Gasteiger partial charge >= 0.3 is 0 Å². The second kappa shape index (κ2) is 8.08. The number of sulfonamides is 1. The molecule has 1 N–H and O–H groups in total. The molecular weight excluding hydrogens is 324 g/mol. The molecule has 0 spiro atoms. The van der Waals surface area contributed by atoms with E-state index in [1.165, 1.54) is 19.2 Å². The third kappa shape index (κ3) is 4.43. The van der Waals surface area contributed by atoms with Gasteiger partial charge in [0.05, 0.1) is 17.5 Å². The number of nitrogens with zero attached hydrogens (tertiary/aromatic N) is 1. The third-order valence-electron chi connectivity index (χ3n) is 3.76. The van der Waals surface area contributed by atoms with Gasteiger partial charge in [0.25, 0.3) is 0 Å². The SMILES string of the molecule is CCC(NC(=O)CN(C)S(=O)(=O)c1ccccc1)c1ccccc1. The summed E-state index contributed by atoms with van der Waals surface area (Å²) >= 11 is 0. The van der Waals surface area contributed by atoms with Crippen molar-refractivity contribution in [1.82, 2.24) is 9.62 Å². The lowest BCUT2D eigenvalue weighted by Gasteiger charge is -2.21. The summed E-state index contributed by atoms with van der Waals surface area (Å²) in [5.74, 6) is -0.326. The minimum atomic E-state index is -3.67. The van der Waals surface area contributed by atoms with Crippen molar-refractivity contribution in [3.63, 3.8) is 0 Å². The Bertz CT molecular complexity index is 761. The zero-order valence-corrected chi connectivity index (χ0v) is 14.7. The molecule has 0 saturated heterocycles. The molecule has 24 heavy (non-hydrogen) atoms. The molecule has 1 atom stereocenters. The molecule has 0 saturated carbocycles. The van der Waals surface area contributed by atoms with E-state index in [4.69, 9.17) is 0 Å². The van der Waals surface area contributed by atoms with Crippen molar-refractivity contribution in [2.45, 2.75) is 24.3 Å². The van der Waals surface area contributed by atoms with Gasteiger partial charge in [-0.1, -0.05) is 55.5 Å². The van der Waals surface area contributed by atoms with Crippen LogP contribution in [0.25, 0.3) is 0 Å². The lowest BCUT2D eigenvalue weighted by molar-refractivity contribution is -0.121. The van der Waals surface area contributed by atoms with Gasteiger partial charge in [-0.05, 0) is 24.1 Å². The highest BCUT2D eigenvalue weighted by molar-refractivity contribution is 7.89. The van der Waals surface area contributed by atoms with Crippen LogP contribution >= 0.6 is 0 Å². The minimum Gasteiger partial charge on any atom is -0.348 e. The van der Waals surface area contributed by atoms with Gasteiger partial charge in [0.2, 0.25) is 15.9 Å². The number of amides is 1. The second-order valence-corrected chi connectivity index (χ2v) is 7.56. The van der Waals surface area contributed by atoms with Crippen molar-refractivity contribution in [3.8, 4) is 0 Å². The number of nitrogens with one attached hydrogen (secondary N) is 1. The van der Waals surface area contributed by atoms with Crippen molar-refractivity contribution in [2.24, 2.45) is 0 Å². The molecule has 0 radical (unpaired) electrons. The maximum Gasteiger partial charge on any atom is 0.243 e. The summed E-state index contributed by atoms with van der Waals surface area (Å²) in [6.07, 6.45) is 0.727. The van der Waals surface area contributed by atoms with Gasteiger partial charge in [-0.3, -0.25) is 4.79 Å². The number of hydrogen-bond acceptors (Lipinski definition) is 3. The zero-order valence-electron chi connectivity index (χ0n) is 13.8. The molecule has 0 aliphatic heterocycles. The zero-order chi connectivity index (χ0) is 17.6. The van der Waals surface area contributed by atoms with E-state index >= 15 is 0 Å². The fourth-order valence-electron chi connectivity index (χ4n) is 2.41. The van der Waals surface area contributed by atoms with Crippen LogP contribution < -0.4 is 5.32 Å². The molecule has 2 aromatic carbocycles. The molecule has 0 heterocycles. The fourth-order valence-corrected chi connectivity index (χ4v) is 3.55. The first-order chi connectivity index (χ1) is 11.4. The predicted octanol–water partition coefficient (Wildman–Crippen LogP) is 2.57. The number of hydrogen-bond donors (Lipinski definition) is 1. The Hall–Kier alpha value is -2.18. The Balaban J connectivity index is 2.03. The summed E-state index contributed by atoms with van der Waals surface area (Å²) in [4.78, 5) is 12.4. The number of carbonyl (C=O) groups is 1. The molecule has 0 aliphatic carbocycles. The Morgan fingerprint density at radius 2 is 1.58 bits per heavy atom. The summed E-state index contributed by atoms with van der Waals surface area (Å²) in [6.45, 7) is 1.75. The van der Waals surface area contributed by atoms with Crippen LogP contribution in [0.15, 0.2) is 65.6 Å². The van der Waals surface area contributed by atoms with E-state index in [2.05, 4.69) is 5.32 Å².